The molecule has 8 nitrogen and oxygen atoms in total. The number of carbonyl (C=O) groups is 2. The van der Waals surface area contributed by atoms with Crippen molar-refractivity contribution in [2.45, 2.75) is 39.5 Å². The summed E-state index contributed by atoms with van der Waals surface area (Å²) in [5.41, 5.74) is 5.42. The van der Waals surface area contributed by atoms with Crippen molar-refractivity contribution in [2.75, 3.05) is 7.11 Å². The third-order valence-corrected chi connectivity index (χ3v) is 7.09. The number of nitrogens with zero attached hydrogens (tertiary/aromatic N) is 2. The number of hydrogen-bond acceptors (Lipinski definition) is 7. The van der Waals surface area contributed by atoms with Gasteiger partial charge in [0.25, 0.3) is 5.56 Å². The number of cyclic esters (lactones) is 1. The van der Waals surface area contributed by atoms with Gasteiger partial charge in [0.15, 0.2) is 5.78 Å². The third-order valence-electron chi connectivity index (χ3n) is 7.09. The number of aromatic nitrogens is 2. The monoisotopic (exact) mass is 496 g/mol. The summed E-state index contributed by atoms with van der Waals surface area (Å²) in [5, 5.41) is 11.3. The molecule has 2 aliphatic heterocycles. The molecule has 1 atom stereocenters. The molecule has 0 aliphatic carbocycles. The summed E-state index contributed by atoms with van der Waals surface area (Å²) in [7, 11) is 1.56. The number of rotatable bonds is 3. The lowest BCUT2D eigenvalue weighted by atomic mass is 9.92. The number of ketones is 1. The maximum absolute atomic E-state index is 14.1. The van der Waals surface area contributed by atoms with Crippen molar-refractivity contribution >= 4 is 22.7 Å². The van der Waals surface area contributed by atoms with Gasteiger partial charge in [0.1, 0.15) is 12.4 Å². The molecule has 0 spiro atoms. The highest BCUT2D eigenvalue weighted by Gasteiger charge is 2.33. The summed E-state index contributed by atoms with van der Waals surface area (Å²) in [6, 6.07) is 12.8. The van der Waals surface area contributed by atoms with E-state index in [4.69, 9.17) is 14.5 Å². The summed E-state index contributed by atoms with van der Waals surface area (Å²) in [6.45, 7) is 3.82. The molecule has 2 aliphatic rings. The van der Waals surface area contributed by atoms with Crippen molar-refractivity contribution in [2.24, 2.45) is 0 Å². The standard InChI is InChI=1S/C29H24N2O6/c1-14-6-15(2)8-16(7-14)28(34)26-19-9-17(36-3)4-5-22(19)30-27-20(26)12-31-23(27)10-18-21(29(31)35)13-37-25(33)11-24(18)32/h4-10,24,32H,11-13H2,1-3H3. The molecule has 186 valence electrons. The molecule has 0 saturated carbocycles. The molecule has 4 heterocycles. The Hall–Kier alpha value is -4.30. The number of esters is 1. The normalized spacial score (nSPS) is 16.0. The summed E-state index contributed by atoms with van der Waals surface area (Å²) >= 11 is 0. The number of aliphatic hydroxyl groups is 1. The number of ether oxygens (including phenoxy) is 2. The molecule has 8 heteroatoms. The van der Waals surface area contributed by atoms with Crippen LogP contribution in [-0.2, 0) is 22.7 Å². The van der Waals surface area contributed by atoms with Crippen molar-refractivity contribution in [3.8, 4) is 17.1 Å². The average Bonchev–Trinajstić information content (AvgIpc) is 3.15. The van der Waals surface area contributed by atoms with Gasteiger partial charge in [0.05, 0.1) is 48.6 Å². The predicted molar refractivity (Wildman–Crippen MR) is 136 cm³/mol. The van der Waals surface area contributed by atoms with E-state index in [1.807, 2.05) is 32.0 Å². The summed E-state index contributed by atoms with van der Waals surface area (Å²) in [5.74, 6) is -0.138. The van der Waals surface area contributed by atoms with Crippen LogP contribution in [0.15, 0.2) is 47.3 Å². The molecule has 0 radical (unpaired) electrons. The summed E-state index contributed by atoms with van der Waals surface area (Å²) in [6.07, 6.45) is -1.39. The minimum absolute atomic E-state index is 0.132. The van der Waals surface area contributed by atoms with Crippen LogP contribution in [0.3, 0.4) is 0 Å². The highest BCUT2D eigenvalue weighted by Crippen LogP contribution is 2.39. The van der Waals surface area contributed by atoms with Crippen molar-refractivity contribution in [1.82, 2.24) is 9.55 Å². The van der Waals surface area contributed by atoms with E-state index in [0.717, 1.165) is 11.1 Å². The van der Waals surface area contributed by atoms with Crippen molar-refractivity contribution in [3.05, 3.63) is 91.8 Å². The van der Waals surface area contributed by atoms with Gasteiger partial charge in [0.2, 0.25) is 0 Å². The molecule has 6 rings (SSSR count). The predicted octanol–water partition coefficient (Wildman–Crippen LogP) is 3.76. The molecule has 0 fully saturated rings. The van der Waals surface area contributed by atoms with Crippen LogP contribution >= 0.6 is 0 Å². The molecule has 4 aromatic rings. The first-order chi connectivity index (χ1) is 17.7. The van der Waals surface area contributed by atoms with Gasteiger partial charge >= 0.3 is 5.97 Å². The maximum atomic E-state index is 14.1. The van der Waals surface area contributed by atoms with E-state index in [9.17, 15) is 19.5 Å². The van der Waals surface area contributed by atoms with Gasteiger partial charge in [-0.3, -0.25) is 14.4 Å². The van der Waals surface area contributed by atoms with Gasteiger partial charge in [-0.2, -0.15) is 0 Å². The van der Waals surface area contributed by atoms with Crippen LogP contribution in [0.4, 0.5) is 0 Å². The van der Waals surface area contributed by atoms with Gasteiger partial charge in [-0.15, -0.1) is 0 Å². The second-order valence-corrected chi connectivity index (χ2v) is 9.64. The zero-order valence-corrected chi connectivity index (χ0v) is 20.6. The van der Waals surface area contributed by atoms with Crippen LogP contribution in [-0.4, -0.2) is 33.5 Å². The van der Waals surface area contributed by atoms with Gasteiger partial charge in [0, 0.05) is 22.1 Å². The number of benzene rings is 2. The van der Waals surface area contributed by atoms with E-state index in [2.05, 4.69) is 0 Å². The SMILES string of the molecule is COc1ccc2nc3c(c(C(=O)c4cc(C)cc(C)c4)c2c1)Cn1c-3cc2c(c1=O)COC(=O)CC2O. The Labute approximate surface area is 212 Å². The maximum Gasteiger partial charge on any atom is 0.309 e. The smallest absolute Gasteiger partial charge is 0.309 e. The number of hydrogen-bond donors (Lipinski definition) is 1. The first-order valence-corrected chi connectivity index (χ1v) is 12.0. The fraction of sp³-hybridized carbons (Fsp3) is 0.241. The van der Waals surface area contributed by atoms with Crippen LogP contribution < -0.4 is 10.3 Å². The van der Waals surface area contributed by atoms with E-state index in [1.54, 1.807) is 31.4 Å². The van der Waals surface area contributed by atoms with Crippen LogP contribution in [0.1, 0.15) is 56.3 Å². The largest absolute Gasteiger partial charge is 0.497 e. The van der Waals surface area contributed by atoms with Gasteiger partial charge in [-0.25, -0.2) is 4.98 Å². The molecular weight excluding hydrogens is 472 g/mol. The van der Waals surface area contributed by atoms with Gasteiger partial charge < -0.3 is 19.1 Å². The topological polar surface area (TPSA) is 108 Å². The zero-order chi connectivity index (χ0) is 26.0. The fourth-order valence-electron chi connectivity index (χ4n) is 5.43. The number of pyridine rings is 2. The molecule has 2 aromatic carbocycles. The van der Waals surface area contributed by atoms with Crippen LogP contribution in [0.2, 0.25) is 0 Å². The fourth-order valence-corrected chi connectivity index (χ4v) is 5.43. The number of methoxy groups -OCH3 is 1. The Kier molecular flexibility index (Phi) is 5.24. The van der Waals surface area contributed by atoms with E-state index in [-0.39, 0.29) is 36.5 Å². The number of aryl methyl sites for hydroxylation is 2. The summed E-state index contributed by atoms with van der Waals surface area (Å²) in [4.78, 5) is 44.4. The molecular formula is C29H24N2O6. The number of carbonyl (C=O) groups excluding carboxylic acids is 2. The Morgan fingerprint density at radius 1 is 1.08 bits per heavy atom. The second kappa shape index (κ2) is 8.38. The molecule has 37 heavy (non-hydrogen) atoms. The number of aliphatic hydroxyl groups excluding tert-OH is 1. The minimum atomic E-state index is -1.16. The van der Waals surface area contributed by atoms with E-state index in [0.29, 0.717) is 50.3 Å². The van der Waals surface area contributed by atoms with E-state index >= 15 is 0 Å². The molecule has 0 amide bonds. The minimum Gasteiger partial charge on any atom is -0.497 e. The van der Waals surface area contributed by atoms with E-state index < -0.39 is 12.1 Å². The lowest BCUT2D eigenvalue weighted by Gasteiger charge is -2.14. The second-order valence-electron chi connectivity index (χ2n) is 9.64. The van der Waals surface area contributed by atoms with Crippen LogP contribution in [0.5, 0.6) is 5.75 Å². The summed E-state index contributed by atoms with van der Waals surface area (Å²) < 4.78 is 12.1. The quantitative estimate of drug-likeness (QED) is 0.299. The van der Waals surface area contributed by atoms with Crippen molar-refractivity contribution < 1.29 is 24.2 Å². The lowest BCUT2D eigenvalue weighted by molar-refractivity contribution is -0.146. The lowest BCUT2D eigenvalue weighted by Crippen LogP contribution is -2.25. The van der Waals surface area contributed by atoms with Gasteiger partial charge in [-0.1, -0.05) is 17.2 Å². The Bertz CT molecular complexity index is 1700. The average molecular weight is 497 g/mol. The molecule has 0 bridgehead atoms. The van der Waals surface area contributed by atoms with Crippen molar-refractivity contribution in [1.29, 1.82) is 0 Å². The first-order valence-electron chi connectivity index (χ1n) is 12.0. The van der Waals surface area contributed by atoms with Crippen LogP contribution in [0.25, 0.3) is 22.3 Å². The first kappa shape index (κ1) is 23.1. The Morgan fingerprint density at radius 2 is 1.84 bits per heavy atom. The third kappa shape index (κ3) is 3.64. The highest BCUT2D eigenvalue weighted by molar-refractivity contribution is 6.18. The van der Waals surface area contributed by atoms with E-state index in [1.165, 1.54) is 4.57 Å². The Morgan fingerprint density at radius 3 is 2.57 bits per heavy atom. The van der Waals surface area contributed by atoms with Crippen molar-refractivity contribution in [3.63, 3.8) is 0 Å². The van der Waals surface area contributed by atoms with Gasteiger partial charge in [-0.05, 0) is 55.8 Å². The molecule has 0 saturated heterocycles. The highest BCUT2D eigenvalue weighted by atomic mass is 16.5. The number of fused-ring (bicyclic) bond motifs is 5. The molecule has 1 unspecified atom stereocenters. The molecule has 2 aromatic heterocycles. The van der Waals surface area contributed by atoms with Crippen LogP contribution in [0, 0.1) is 13.8 Å². The molecule has 1 N–H and O–H groups in total. The zero-order valence-electron chi connectivity index (χ0n) is 20.6. The Balaban J connectivity index is 1.64.